The molecule has 1 aromatic heterocycles. The van der Waals surface area contributed by atoms with E-state index in [1.54, 1.807) is 0 Å². The van der Waals surface area contributed by atoms with Crippen LogP contribution in [-0.2, 0) is 20.2 Å². The van der Waals surface area contributed by atoms with E-state index < -0.39 is 98.0 Å². The fourth-order valence-corrected chi connectivity index (χ4v) is 4.67. The van der Waals surface area contributed by atoms with E-state index in [0.29, 0.717) is 6.07 Å². The van der Waals surface area contributed by atoms with Crippen molar-refractivity contribution in [1.29, 1.82) is 0 Å². The number of aromatic nitrogens is 1. The minimum atomic E-state index is -5.35. The second-order valence-electron chi connectivity index (χ2n) is 6.51. The number of carboxylic acid groups (broad SMARTS) is 4. The number of carboxylic acids is 4. The summed E-state index contributed by atoms with van der Waals surface area (Å²) in [6.45, 7) is 0. The van der Waals surface area contributed by atoms with Crippen molar-refractivity contribution in [2.45, 2.75) is 9.79 Å². The van der Waals surface area contributed by atoms with Gasteiger partial charge in [0.25, 0.3) is 20.2 Å². The van der Waals surface area contributed by atoms with E-state index in [0.717, 1.165) is 0 Å². The van der Waals surface area contributed by atoms with Gasteiger partial charge in [-0.15, -0.1) is 0 Å². The Bertz CT molecular complexity index is 1590. The van der Waals surface area contributed by atoms with Crippen molar-refractivity contribution in [3.05, 3.63) is 40.5 Å². The van der Waals surface area contributed by atoms with Gasteiger partial charge in [-0.3, -0.25) is 9.11 Å². The molecule has 0 aliphatic heterocycles. The van der Waals surface area contributed by atoms with Crippen LogP contribution in [0.15, 0.2) is 28.0 Å². The summed E-state index contributed by atoms with van der Waals surface area (Å²) < 4.78 is 66.5. The van der Waals surface area contributed by atoms with Crippen molar-refractivity contribution in [3.8, 4) is 0 Å². The van der Waals surface area contributed by atoms with Crippen LogP contribution in [0.5, 0.6) is 0 Å². The summed E-state index contributed by atoms with van der Waals surface area (Å²) in [5.74, 6) is -8.57. The Kier molecular flexibility index (Phi) is 9.43. The predicted molar refractivity (Wildman–Crippen MR) is 101 cm³/mol. The third-order valence-corrected chi connectivity index (χ3v) is 6.33. The molecule has 178 valence electrons. The number of pyridine rings is 1. The largest absolute Gasteiger partial charge is 1.00 e. The number of rotatable bonds is 6. The average molecular weight is 559 g/mol. The maximum absolute atomic E-state index is 11.9. The van der Waals surface area contributed by atoms with Crippen LogP contribution in [0.25, 0.3) is 21.8 Å². The number of carbonyl (C=O) groups is 4. The summed E-state index contributed by atoms with van der Waals surface area (Å²) in [5.41, 5.74) is -7.33. The van der Waals surface area contributed by atoms with Crippen molar-refractivity contribution in [2.24, 2.45) is 0 Å². The van der Waals surface area contributed by atoms with Gasteiger partial charge < -0.3 is 30.0 Å². The van der Waals surface area contributed by atoms with E-state index in [4.69, 9.17) is 0 Å². The zero-order chi connectivity index (χ0) is 25.9. The number of hydrogen-bond donors (Lipinski definition) is 4. The normalized spacial score (nSPS) is 11.4. The monoisotopic (exact) mass is 559 g/mol. The first kappa shape index (κ1) is 31.8. The van der Waals surface area contributed by atoms with E-state index in [1.165, 1.54) is 0 Å². The van der Waals surface area contributed by atoms with Gasteiger partial charge in [-0.25, -0.2) is 14.6 Å². The Morgan fingerprint density at radius 2 is 0.972 bits per heavy atom. The molecule has 4 N–H and O–H groups in total. The Labute approximate surface area is 243 Å². The molecule has 36 heavy (non-hydrogen) atoms. The van der Waals surface area contributed by atoms with Crippen LogP contribution in [-0.4, -0.2) is 65.0 Å². The Morgan fingerprint density at radius 1 is 0.667 bits per heavy atom. The molecule has 0 aliphatic rings. The molecule has 0 amide bonds. The van der Waals surface area contributed by atoms with Gasteiger partial charge in [0.2, 0.25) is 0 Å². The molecule has 3 aromatic rings. The molecule has 2 aromatic carbocycles. The number of carbonyl (C=O) groups excluding carboxylic acids is 2. The van der Waals surface area contributed by atoms with Crippen molar-refractivity contribution in [2.75, 3.05) is 0 Å². The minimum Gasteiger partial charge on any atom is -0.545 e. The van der Waals surface area contributed by atoms with Gasteiger partial charge in [0.15, 0.2) is 0 Å². The summed E-state index contributed by atoms with van der Waals surface area (Å²) in [5, 5.41) is 40.1. The molecule has 0 spiro atoms. The summed E-state index contributed by atoms with van der Waals surface area (Å²) in [7, 11) is -10.7. The first-order valence-electron chi connectivity index (χ1n) is 8.29. The van der Waals surface area contributed by atoms with Crippen molar-refractivity contribution in [3.63, 3.8) is 0 Å². The molecule has 0 bridgehead atoms. The fraction of sp³-hybridized carbons (Fsp3) is 0. The van der Waals surface area contributed by atoms with E-state index in [2.05, 4.69) is 4.98 Å². The van der Waals surface area contributed by atoms with Crippen LogP contribution >= 0.6 is 0 Å². The van der Waals surface area contributed by atoms with Gasteiger partial charge in [-0.1, -0.05) is 0 Å². The molecular formula is C17H7NNa2O14S2. The van der Waals surface area contributed by atoms with E-state index in [1.807, 2.05) is 0 Å². The van der Waals surface area contributed by atoms with Gasteiger partial charge >= 0.3 is 71.1 Å². The van der Waals surface area contributed by atoms with E-state index in [9.17, 15) is 65.5 Å². The van der Waals surface area contributed by atoms with Crippen LogP contribution in [0.3, 0.4) is 0 Å². The Morgan fingerprint density at radius 3 is 1.19 bits per heavy atom. The molecule has 3 rings (SSSR count). The Hall–Kier alpha value is -2.19. The summed E-state index contributed by atoms with van der Waals surface area (Å²) >= 11 is 0. The molecule has 1 heterocycles. The maximum atomic E-state index is 11.9. The first-order valence-corrected chi connectivity index (χ1v) is 11.2. The first-order chi connectivity index (χ1) is 15.5. The topological polar surface area (TPSA) is 276 Å². The van der Waals surface area contributed by atoms with Crippen molar-refractivity contribution in [1.82, 2.24) is 4.98 Å². The number of aromatic carboxylic acids is 4. The summed E-state index contributed by atoms with van der Waals surface area (Å²) in [6, 6.07) is 0.844. The average Bonchev–Trinajstić information content (AvgIpc) is 2.67. The molecule has 0 saturated carbocycles. The molecule has 0 fully saturated rings. The van der Waals surface area contributed by atoms with Gasteiger partial charge in [0.1, 0.15) is 9.79 Å². The molecule has 15 nitrogen and oxygen atoms in total. The van der Waals surface area contributed by atoms with Gasteiger partial charge in [0.05, 0.1) is 34.1 Å². The number of fused-ring (bicyclic) bond motifs is 2. The van der Waals surface area contributed by atoms with Crippen molar-refractivity contribution < 1.29 is 125 Å². The zero-order valence-corrected chi connectivity index (χ0v) is 23.5. The third kappa shape index (κ3) is 5.54. The molecule has 0 atom stereocenters. The SMILES string of the molecule is O=C([O-])c1cc(S(=O)(=O)O)c2cc3c(S(=O)(=O)O)cc(C(=O)[O-])c(C(=O)O)c3nc2c1C(=O)O.[Na+].[Na+]. The third-order valence-electron chi connectivity index (χ3n) is 4.54. The molecule has 19 heteroatoms. The second-order valence-corrected chi connectivity index (χ2v) is 9.29. The standard InChI is InChI=1S/C17H9NO14S2.2Na/c19-14(20)6-2-8(33(27,28)29)4-1-5-9(34(30,31)32)3-7(15(21)22)11(17(25)26)13(5)18-12(4)10(6)16(23)24;;/h1-3H,(H,19,20)(H,21,22)(H,23,24)(H,25,26)(H,27,28,29)(H,30,31,32);;/q;2*+1/p-2. The summed E-state index contributed by atoms with van der Waals surface area (Å²) in [6.07, 6.45) is 0. The van der Waals surface area contributed by atoms with Crippen LogP contribution < -0.4 is 69.3 Å². The Balaban J connectivity index is 0.00000324. The van der Waals surface area contributed by atoms with Crippen LogP contribution in [0.1, 0.15) is 41.4 Å². The van der Waals surface area contributed by atoms with Gasteiger partial charge in [0, 0.05) is 21.9 Å². The van der Waals surface area contributed by atoms with E-state index in [-0.39, 0.29) is 71.2 Å². The number of hydrogen-bond acceptors (Lipinski definition) is 11. The number of nitrogens with zero attached hydrogens (tertiary/aromatic N) is 1. The second kappa shape index (κ2) is 10.7. The fourth-order valence-electron chi connectivity index (χ4n) is 3.27. The number of benzene rings is 2. The van der Waals surface area contributed by atoms with Crippen molar-refractivity contribution >= 4 is 65.9 Å². The van der Waals surface area contributed by atoms with E-state index >= 15 is 0 Å². The summed E-state index contributed by atoms with van der Waals surface area (Å²) in [4.78, 5) is 47.4. The molecule has 0 unspecified atom stereocenters. The van der Waals surface area contributed by atoms with Crippen LogP contribution in [0.2, 0.25) is 0 Å². The molecule has 0 saturated heterocycles. The smallest absolute Gasteiger partial charge is 0.545 e. The van der Waals surface area contributed by atoms with Gasteiger partial charge in [-0.05, 0) is 18.2 Å². The molecule has 0 aliphatic carbocycles. The minimum absolute atomic E-state index is 0. The maximum Gasteiger partial charge on any atom is 1.00 e. The quantitative estimate of drug-likeness (QED) is 0.124. The van der Waals surface area contributed by atoms with Crippen LogP contribution in [0, 0.1) is 0 Å². The molecule has 0 radical (unpaired) electrons. The molecular weight excluding hydrogens is 552 g/mol. The van der Waals surface area contributed by atoms with Gasteiger partial charge in [-0.2, -0.15) is 16.8 Å². The zero-order valence-electron chi connectivity index (χ0n) is 17.9. The predicted octanol–water partition coefficient (Wildman–Crippen LogP) is -7.99. The van der Waals surface area contributed by atoms with Crippen LogP contribution in [0.4, 0.5) is 0 Å².